The standard InChI is InChI=1S/C22H29N3OS/c1-16-5-8-19(9-6-16)21(15-25-10-12-26-13-11-25)24-22(27)23-20-14-17(2)4-7-18(20)3/h4-9,14,21H,10-13,15H2,1-3H3,(H2,23,24,27)/t21-/m0/s1. The summed E-state index contributed by atoms with van der Waals surface area (Å²) in [4.78, 5) is 2.43. The normalized spacial score (nSPS) is 16.0. The molecule has 0 saturated carbocycles. The second kappa shape index (κ2) is 9.31. The molecule has 0 bridgehead atoms. The lowest BCUT2D eigenvalue weighted by molar-refractivity contribution is 0.0344. The van der Waals surface area contributed by atoms with Crippen molar-refractivity contribution in [3.8, 4) is 0 Å². The van der Waals surface area contributed by atoms with Crippen LogP contribution in [0.5, 0.6) is 0 Å². The molecule has 2 aromatic rings. The molecule has 0 unspecified atom stereocenters. The SMILES string of the molecule is Cc1ccc([C@H](CN2CCOCC2)NC(=S)Nc2cc(C)ccc2C)cc1. The summed E-state index contributed by atoms with van der Waals surface area (Å²) in [6, 6.07) is 15.2. The van der Waals surface area contributed by atoms with Crippen molar-refractivity contribution in [1.82, 2.24) is 10.2 Å². The molecule has 2 N–H and O–H groups in total. The number of thiocarbonyl (C=S) groups is 1. The van der Waals surface area contributed by atoms with E-state index in [0.29, 0.717) is 5.11 Å². The van der Waals surface area contributed by atoms with Crippen LogP contribution >= 0.6 is 12.2 Å². The molecule has 0 radical (unpaired) electrons. The van der Waals surface area contributed by atoms with E-state index in [1.165, 1.54) is 22.3 Å². The zero-order valence-electron chi connectivity index (χ0n) is 16.4. The number of hydrogen-bond donors (Lipinski definition) is 2. The van der Waals surface area contributed by atoms with E-state index < -0.39 is 0 Å². The number of anilines is 1. The van der Waals surface area contributed by atoms with Gasteiger partial charge < -0.3 is 15.4 Å². The van der Waals surface area contributed by atoms with Gasteiger partial charge >= 0.3 is 0 Å². The quantitative estimate of drug-likeness (QED) is 0.764. The Hall–Kier alpha value is -1.95. The Labute approximate surface area is 167 Å². The van der Waals surface area contributed by atoms with Crippen molar-refractivity contribution in [2.75, 3.05) is 38.2 Å². The minimum atomic E-state index is 0.133. The number of benzene rings is 2. The average Bonchev–Trinajstić information content (AvgIpc) is 2.66. The summed E-state index contributed by atoms with van der Waals surface area (Å²) in [6.45, 7) is 10.7. The Balaban J connectivity index is 1.72. The van der Waals surface area contributed by atoms with Gasteiger partial charge in [-0.05, 0) is 55.7 Å². The lowest BCUT2D eigenvalue weighted by Crippen LogP contribution is -2.44. The van der Waals surface area contributed by atoms with E-state index in [1.54, 1.807) is 0 Å². The van der Waals surface area contributed by atoms with Crippen LogP contribution in [-0.4, -0.2) is 42.9 Å². The lowest BCUT2D eigenvalue weighted by atomic mass is 10.0. The van der Waals surface area contributed by atoms with Crippen molar-refractivity contribution >= 4 is 23.0 Å². The molecule has 0 amide bonds. The number of morpholine rings is 1. The fourth-order valence-corrected chi connectivity index (χ4v) is 3.51. The molecule has 1 aliphatic rings. The monoisotopic (exact) mass is 383 g/mol. The Kier molecular flexibility index (Phi) is 6.83. The molecule has 144 valence electrons. The van der Waals surface area contributed by atoms with E-state index in [4.69, 9.17) is 17.0 Å². The van der Waals surface area contributed by atoms with Crippen LogP contribution in [0.3, 0.4) is 0 Å². The minimum Gasteiger partial charge on any atom is -0.379 e. The van der Waals surface area contributed by atoms with Gasteiger partial charge in [-0.3, -0.25) is 4.90 Å². The third kappa shape index (κ3) is 5.76. The van der Waals surface area contributed by atoms with Crippen LogP contribution in [0.4, 0.5) is 5.69 Å². The molecule has 0 spiro atoms. The van der Waals surface area contributed by atoms with E-state index in [0.717, 1.165) is 38.5 Å². The molecule has 4 nitrogen and oxygen atoms in total. The highest BCUT2D eigenvalue weighted by molar-refractivity contribution is 7.80. The van der Waals surface area contributed by atoms with Crippen molar-refractivity contribution in [2.45, 2.75) is 26.8 Å². The maximum absolute atomic E-state index is 5.64. The number of hydrogen-bond acceptors (Lipinski definition) is 3. The molecule has 0 aliphatic carbocycles. The Morgan fingerprint density at radius 1 is 1.04 bits per heavy atom. The van der Waals surface area contributed by atoms with Crippen molar-refractivity contribution in [3.05, 3.63) is 64.7 Å². The van der Waals surface area contributed by atoms with Crippen molar-refractivity contribution < 1.29 is 4.74 Å². The van der Waals surface area contributed by atoms with Crippen molar-refractivity contribution in [2.24, 2.45) is 0 Å². The minimum absolute atomic E-state index is 0.133. The third-order valence-corrected chi connectivity index (χ3v) is 5.19. The topological polar surface area (TPSA) is 36.5 Å². The molecule has 5 heteroatoms. The number of rotatable bonds is 5. The fraction of sp³-hybridized carbons (Fsp3) is 0.409. The summed E-state index contributed by atoms with van der Waals surface area (Å²) < 4.78 is 5.49. The Bertz CT molecular complexity index is 770. The van der Waals surface area contributed by atoms with Gasteiger partial charge in [0.15, 0.2) is 5.11 Å². The zero-order chi connectivity index (χ0) is 19.2. The third-order valence-electron chi connectivity index (χ3n) is 4.97. The predicted molar refractivity (Wildman–Crippen MR) is 116 cm³/mol. The highest BCUT2D eigenvalue weighted by Gasteiger charge is 2.19. The highest BCUT2D eigenvalue weighted by atomic mass is 32.1. The van der Waals surface area contributed by atoms with E-state index in [-0.39, 0.29) is 6.04 Å². The van der Waals surface area contributed by atoms with Gasteiger partial charge in [0.05, 0.1) is 19.3 Å². The molecule has 1 heterocycles. The average molecular weight is 384 g/mol. The van der Waals surface area contributed by atoms with Gasteiger partial charge in [0, 0.05) is 25.3 Å². The van der Waals surface area contributed by atoms with Gasteiger partial charge in [-0.15, -0.1) is 0 Å². The van der Waals surface area contributed by atoms with Gasteiger partial charge in [0.1, 0.15) is 0 Å². The molecule has 3 rings (SSSR count). The molecule has 1 saturated heterocycles. The number of nitrogens with zero attached hydrogens (tertiary/aromatic N) is 1. The van der Waals surface area contributed by atoms with E-state index in [9.17, 15) is 0 Å². The van der Waals surface area contributed by atoms with Gasteiger partial charge in [0.25, 0.3) is 0 Å². The van der Waals surface area contributed by atoms with E-state index >= 15 is 0 Å². The summed E-state index contributed by atoms with van der Waals surface area (Å²) in [5, 5.41) is 7.57. The van der Waals surface area contributed by atoms with Crippen molar-refractivity contribution in [3.63, 3.8) is 0 Å². The van der Waals surface area contributed by atoms with Gasteiger partial charge in [-0.1, -0.05) is 42.0 Å². The highest BCUT2D eigenvalue weighted by Crippen LogP contribution is 2.19. The first-order valence-electron chi connectivity index (χ1n) is 9.53. The summed E-state index contributed by atoms with van der Waals surface area (Å²) >= 11 is 5.64. The summed E-state index contributed by atoms with van der Waals surface area (Å²) in [5.74, 6) is 0. The summed E-state index contributed by atoms with van der Waals surface area (Å²) in [6.07, 6.45) is 0. The van der Waals surface area contributed by atoms with Gasteiger partial charge in [-0.2, -0.15) is 0 Å². The van der Waals surface area contributed by atoms with Crippen LogP contribution < -0.4 is 10.6 Å². The Morgan fingerprint density at radius 2 is 1.70 bits per heavy atom. The van der Waals surface area contributed by atoms with E-state index in [1.807, 2.05) is 0 Å². The first-order valence-corrected chi connectivity index (χ1v) is 9.93. The largest absolute Gasteiger partial charge is 0.379 e. The van der Waals surface area contributed by atoms with Gasteiger partial charge in [0.2, 0.25) is 0 Å². The first kappa shape index (κ1) is 19.8. The summed E-state index contributed by atoms with van der Waals surface area (Å²) in [5.41, 5.74) is 5.97. The maximum atomic E-state index is 5.64. The molecule has 0 aromatic heterocycles. The maximum Gasteiger partial charge on any atom is 0.171 e. The predicted octanol–water partition coefficient (Wildman–Crippen LogP) is 3.97. The lowest BCUT2D eigenvalue weighted by Gasteiger charge is -2.31. The van der Waals surface area contributed by atoms with Gasteiger partial charge in [-0.25, -0.2) is 0 Å². The molecule has 2 aromatic carbocycles. The molecular weight excluding hydrogens is 354 g/mol. The smallest absolute Gasteiger partial charge is 0.171 e. The van der Waals surface area contributed by atoms with E-state index in [2.05, 4.69) is 78.8 Å². The Morgan fingerprint density at radius 3 is 2.41 bits per heavy atom. The van der Waals surface area contributed by atoms with Crippen LogP contribution in [0, 0.1) is 20.8 Å². The summed E-state index contributed by atoms with van der Waals surface area (Å²) in [7, 11) is 0. The second-order valence-electron chi connectivity index (χ2n) is 7.29. The fourth-order valence-electron chi connectivity index (χ4n) is 3.26. The van der Waals surface area contributed by atoms with Crippen LogP contribution in [0.25, 0.3) is 0 Å². The van der Waals surface area contributed by atoms with Crippen molar-refractivity contribution in [1.29, 1.82) is 0 Å². The van der Waals surface area contributed by atoms with Crippen LogP contribution in [0.15, 0.2) is 42.5 Å². The number of aryl methyl sites for hydroxylation is 3. The second-order valence-corrected chi connectivity index (χ2v) is 7.70. The molecule has 27 heavy (non-hydrogen) atoms. The number of nitrogens with one attached hydrogen (secondary N) is 2. The van der Waals surface area contributed by atoms with Crippen LogP contribution in [-0.2, 0) is 4.74 Å². The van der Waals surface area contributed by atoms with Crippen LogP contribution in [0.2, 0.25) is 0 Å². The molecule has 1 atom stereocenters. The molecular formula is C22H29N3OS. The molecule has 1 aliphatic heterocycles. The molecule has 1 fully saturated rings. The zero-order valence-corrected chi connectivity index (χ0v) is 17.2. The number of ether oxygens (including phenoxy) is 1. The van der Waals surface area contributed by atoms with Crippen LogP contribution in [0.1, 0.15) is 28.3 Å². The first-order chi connectivity index (χ1) is 13.0.